The Balaban J connectivity index is 0.00000180. The normalized spacial score (nSPS) is 19.3. The molecule has 1 saturated heterocycles. The smallest absolute Gasteiger partial charge is 0.211 e. The molecule has 0 radical (unpaired) electrons. The molecule has 1 aromatic rings. The van der Waals surface area contributed by atoms with Crippen LogP contribution in [0.2, 0.25) is 0 Å². The van der Waals surface area contributed by atoms with E-state index in [4.69, 9.17) is 0 Å². The first-order valence-electron chi connectivity index (χ1n) is 6.39. The van der Waals surface area contributed by atoms with Gasteiger partial charge >= 0.3 is 0 Å². The minimum Gasteiger partial charge on any atom is -0.314 e. The molecule has 4 nitrogen and oxygen atoms in total. The highest BCUT2D eigenvalue weighted by atomic mass is 35.5. The largest absolute Gasteiger partial charge is 0.314 e. The molecular formula is C12H21ClN2O2S2. The molecule has 0 saturated carbocycles. The van der Waals surface area contributed by atoms with Crippen molar-refractivity contribution >= 4 is 33.8 Å². The van der Waals surface area contributed by atoms with E-state index in [0.29, 0.717) is 19.0 Å². The van der Waals surface area contributed by atoms with Crippen LogP contribution >= 0.6 is 23.7 Å². The maximum Gasteiger partial charge on any atom is 0.211 e. The van der Waals surface area contributed by atoms with Crippen LogP contribution in [0.15, 0.2) is 17.5 Å². The van der Waals surface area contributed by atoms with Crippen molar-refractivity contribution < 1.29 is 8.42 Å². The molecule has 0 unspecified atom stereocenters. The average Bonchev–Trinajstić information content (AvgIpc) is 2.99. The van der Waals surface area contributed by atoms with E-state index in [1.807, 2.05) is 17.5 Å². The molecule has 1 atom stereocenters. The van der Waals surface area contributed by atoms with Gasteiger partial charge in [0, 0.05) is 17.5 Å². The summed E-state index contributed by atoms with van der Waals surface area (Å²) in [5, 5.41) is 5.34. The van der Waals surface area contributed by atoms with Crippen LogP contribution in [0.25, 0.3) is 0 Å². The molecule has 1 fully saturated rings. The van der Waals surface area contributed by atoms with Crippen LogP contribution in [0, 0.1) is 0 Å². The lowest BCUT2D eigenvalue weighted by Gasteiger charge is -2.10. The van der Waals surface area contributed by atoms with Crippen molar-refractivity contribution in [2.45, 2.75) is 31.7 Å². The van der Waals surface area contributed by atoms with Crippen LogP contribution in [-0.4, -0.2) is 33.3 Å². The van der Waals surface area contributed by atoms with Gasteiger partial charge in [0.2, 0.25) is 10.0 Å². The van der Waals surface area contributed by atoms with E-state index in [1.54, 1.807) is 11.3 Å². The summed E-state index contributed by atoms with van der Waals surface area (Å²) in [5.41, 5.74) is 0. The predicted octanol–water partition coefficient (Wildman–Crippen LogP) is 1.77. The number of sulfonamides is 1. The first kappa shape index (κ1) is 16.9. The zero-order valence-corrected chi connectivity index (χ0v) is 13.2. The summed E-state index contributed by atoms with van der Waals surface area (Å²) in [4.78, 5) is 1.12. The van der Waals surface area contributed by atoms with E-state index >= 15 is 0 Å². The Morgan fingerprint density at radius 1 is 1.47 bits per heavy atom. The third-order valence-corrected chi connectivity index (χ3v) is 5.50. The highest BCUT2D eigenvalue weighted by Gasteiger charge is 2.15. The second-order valence-electron chi connectivity index (χ2n) is 4.62. The van der Waals surface area contributed by atoms with Crippen LogP contribution in [-0.2, 0) is 16.4 Å². The molecule has 2 N–H and O–H groups in total. The van der Waals surface area contributed by atoms with Gasteiger partial charge in [0.15, 0.2) is 0 Å². The lowest BCUT2D eigenvalue weighted by atomic mass is 10.2. The lowest BCUT2D eigenvalue weighted by Crippen LogP contribution is -2.32. The Morgan fingerprint density at radius 3 is 2.95 bits per heavy atom. The molecule has 0 amide bonds. The fraction of sp³-hybridized carbons (Fsp3) is 0.667. The summed E-state index contributed by atoms with van der Waals surface area (Å²) in [6.07, 6.45) is 3.86. The summed E-state index contributed by atoms with van der Waals surface area (Å²) in [6, 6.07) is 4.42. The molecule has 0 spiro atoms. The average molecular weight is 325 g/mol. The third-order valence-electron chi connectivity index (χ3n) is 3.17. The Kier molecular flexibility index (Phi) is 7.31. The van der Waals surface area contributed by atoms with Crippen molar-refractivity contribution in [1.82, 2.24) is 10.0 Å². The van der Waals surface area contributed by atoms with E-state index < -0.39 is 10.0 Å². The first-order valence-corrected chi connectivity index (χ1v) is 8.92. The number of hydrogen-bond donors (Lipinski definition) is 2. The second-order valence-corrected chi connectivity index (χ2v) is 7.58. The quantitative estimate of drug-likeness (QED) is 0.803. The van der Waals surface area contributed by atoms with Gasteiger partial charge in [0.1, 0.15) is 0 Å². The van der Waals surface area contributed by atoms with Crippen molar-refractivity contribution in [2.24, 2.45) is 0 Å². The van der Waals surface area contributed by atoms with Gasteiger partial charge in [0.25, 0.3) is 0 Å². The predicted molar refractivity (Wildman–Crippen MR) is 82.7 cm³/mol. The van der Waals surface area contributed by atoms with E-state index in [0.717, 1.165) is 24.3 Å². The molecule has 1 aromatic heterocycles. The maximum atomic E-state index is 11.8. The fourth-order valence-electron chi connectivity index (χ4n) is 2.15. The van der Waals surface area contributed by atoms with Crippen LogP contribution < -0.4 is 10.0 Å². The molecule has 7 heteroatoms. The summed E-state index contributed by atoms with van der Waals surface area (Å²) in [7, 11) is -3.12. The highest BCUT2D eigenvalue weighted by molar-refractivity contribution is 7.89. The Labute approximate surface area is 125 Å². The van der Waals surface area contributed by atoms with Gasteiger partial charge in [-0.3, -0.25) is 0 Å². The van der Waals surface area contributed by atoms with Gasteiger partial charge in [-0.2, -0.15) is 0 Å². The molecule has 0 bridgehead atoms. The van der Waals surface area contributed by atoms with E-state index in [-0.39, 0.29) is 18.2 Å². The minimum absolute atomic E-state index is 0. The van der Waals surface area contributed by atoms with Crippen LogP contribution in [0.5, 0.6) is 0 Å². The lowest BCUT2D eigenvalue weighted by molar-refractivity contribution is 0.539. The Hall–Kier alpha value is -0.140. The van der Waals surface area contributed by atoms with Gasteiger partial charge in [-0.15, -0.1) is 23.7 Å². The Morgan fingerprint density at radius 2 is 2.32 bits per heavy atom. The van der Waals surface area contributed by atoms with Crippen molar-refractivity contribution in [3.8, 4) is 0 Å². The van der Waals surface area contributed by atoms with Crippen molar-refractivity contribution in [3.63, 3.8) is 0 Å². The summed E-state index contributed by atoms with van der Waals surface area (Å²) >= 11 is 1.61. The zero-order chi connectivity index (χ0) is 12.8. The Bertz CT molecular complexity index is 442. The maximum absolute atomic E-state index is 11.8. The molecule has 19 heavy (non-hydrogen) atoms. The van der Waals surface area contributed by atoms with Gasteiger partial charge in [0.05, 0.1) is 5.75 Å². The fourth-order valence-corrected chi connectivity index (χ4v) is 4.05. The molecular weight excluding hydrogens is 304 g/mol. The SMILES string of the molecule is Cl.O=S(=O)(CCc1cccs1)NCC[C@H]1CCCN1. The van der Waals surface area contributed by atoms with Crippen molar-refractivity contribution in [1.29, 1.82) is 0 Å². The van der Waals surface area contributed by atoms with Gasteiger partial charge in [-0.1, -0.05) is 6.07 Å². The third kappa shape index (κ3) is 6.23. The second kappa shape index (κ2) is 8.21. The monoisotopic (exact) mass is 324 g/mol. The number of rotatable bonds is 7. The van der Waals surface area contributed by atoms with Crippen LogP contribution in [0.1, 0.15) is 24.1 Å². The molecule has 0 aliphatic carbocycles. The molecule has 0 aromatic carbocycles. The van der Waals surface area contributed by atoms with Crippen LogP contribution in [0.4, 0.5) is 0 Å². The number of hydrogen-bond acceptors (Lipinski definition) is 4. The van der Waals surface area contributed by atoms with E-state index in [1.165, 1.54) is 6.42 Å². The molecule has 2 heterocycles. The number of aryl methyl sites for hydroxylation is 1. The zero-order valence-electron chi connectivity index (χ0n) is 10.8. The molecule has 1 aliphatic rings. The molecule has 2 rings (SSSR count). The van der Waals surface area contributed by atoms with Crippen molar-refractivity contribution in [3.05, 3.63) is 22.4 Å². The standard InChI is InChI=1S/C12H20N2O2S2.ClH/c15-18(16,10-6-12-4-2-9-17-12)14-8-5-11-3-1-7-13-11;/h2,4,9,11,13-14H,1,3,5-8,10H2;1H/t11-;/m1./s1. The van der Waals surface area contributed by atoms with Gasteiger partial charge < -0.3 is 5.32 Å². The first-order chi connectivity index (χ1) is 8.66. The number of halogens is 1. The topological polar surface area (TPSA) is 58.2 Å². The number of nitrogens with one attached hydrogen (secondary N) is 2. The summed E-state index contributed by atoms with van der Waals surface area (Å²) < 4.78 is 26.2. The molecule has 1 aliphatic heterocycles. The number of thiophene rings is 1. The van der Waals surface area contributed by atoms with Crippen molar-refractivity contribution in [2.75, 3.05) is 18.8 Å². The summed E-state index contributed by atoms with van der Waals surface area (Å²) in [6.45, 7) is 1.61. The van der Waals surface area contributed by atoms with E-state index in [9.17, 15) is 8.42 Å². The minimum atomic E-state index is -3.12. The van der Waals surface area contributed by atoms with Gasteiger partial charge in [-0.25, -0.2) is 13.1 Å². The van der Waals surface area contributed by atoms with Crippen LogP contribution in [0.3, 0.4) is 0 Å². The molecule has 110 valence electrons. The van der Waals surface area contributed by atoms with Gasteiger partial charge in [-0.05, 0) is 43.7 Å². The summed E-state index contributed by atoms with van der Waals surface area (Å²) in [5.74, 6) is 0.186. The highest BCUT2D eigenvalue weighted by Crippen LogP contribution is 2.10. The van der Waals surface area contributed by atoms with E-state index in [2.05, 4.69) is 10.0 Å².